The summed E-state index contributed by atoms with van der Waals surface area (Å²) in [6.07, 6.45) is 9.61. The van der Waals surface area contributed by atoms with Gasteiger partial charge >= 0.3 is 0 Å². The van der Waals surface area contributed by atoms with Crippen LogP contribution in [0.2, 0.25) is 0 Å². The molecule has 1 aliphatic rings. The van der Waals surface area contributed by atoms with Crippen LogP contribution in [0.1, 0.15) is 35.2 Å². The van der Waals surface area contributed by atoms with E-state index in [1.54, 1.807) is 22.8 Å². The molecule has 1 aromatic heterocycles. The number of hydrogen-bond acceptors (Lipinski definition) is 5. The highest BCUT2D eigenvalue weighted by molar-refractivity contribution is 7.98. The summed E-state index contributed by atoms with van der Waals surface area (Å²) in [5, 5.41) is 4.14. The van der Waals surface area contributed by atoms with Gasteiger partial charge in [0.2, 0.25) is 0 Å². The Balaban J connectivity index is 1.41. The first-order valence-electron chi connectivity index (χ1n) is 10.7. The lowest BCUT2D eigenvalue weighted by molar-refractivity contribution is 0.0240. The Morgan fingerprint density at radius 1 is 1.13 bits per heavy atom. The zero-order valence-electron chi connectivity index (χ0n) is 18.1. The van der Waals surface area contributed by atoms with E-state index in [0.717, 1.165) is 50.0 Å². The monoisotopic (exact) mass is 435 g/mol. The molecule has 4 rings (SSSR count). The molecule has 2 aromatic carbocycles. The number of thioether (sulfide) groups is 1. The second-order valence-electron chi connectivity index (χ2n) is 7.94. The van der Waals surface area contributed by atoms with E-state index < -0.39 is 0 Å². The number of piperidine rings is 1. The number of carbonyl (C=O) groups is 1. The van der Waals surface area contributed by atoms with Crippen LogP contribution in [-0.4, -0.2) is 63.0 Å². The van der Waals surface area contributed by atoms with Crippen molar-refractivity contribution >= 4 is 17.7 Å². The first-order chi connectivity index (χ1) is 15.2. The molecule has 1 saturated heterocycles. The quantitative estimate of drug-likeness (QED) is 0.523. The number of carbonyl (C=O) groups excluding carboxylic acids is 1. The highest BCUT2D eigenvalue weighted by atomic mass is 32.2. The lowest BCUT2D eigenvalue weighted by Crippen LogP contribution is -2.52. The van der Waals surface area contributed by atoms with E-state index in [-0.39, 0.29) is 12.1 Å². The Labute approximate surface area is 188 Å². The summed E-state index contributed by atoms with van der Waals surface area (Å²) in [4.78, 5) is 23.0. The van der Waals surface area contributed by atoms with E-state index in [9.17, 15) is 4.79 Å². The Morgan fingerprint density at radius 3 is 2.58 bits per heavy atom. The topological polar surface area (TPSA) is 54.3 Å². The molecule has 0 N–H and O–H groups in total. The predicted molar refractivity (Wildman–Crippen MR) is 125 cm³/mol. The standard InChI is InChI=1S/C24H29N5OS/c1-27(16-14-19-6-12-22(31-2)13-7-19)23-5-3-4-15-28(23)24(30)20-8-10-21(11-9-20)29-18-25-17-26-29/h6-13,17-18,23H,3-5,14-16H2,1-2H3. The van der Waals surface area contributed by atoms with E-state index in [1.165, 1.54) is 16.8 Å². The number of hydrogen-bond donors (Lipinski definition) is 0. The summed E-state index contributed by atoms with van der Waals surface area (Å²) < 4.78 is 1.69. The van der Waals surface area contributed by atoms with Gasteiger partial charge in [-0.3, -0.25) is 9.69 Å². The molecule has 0 spiro atoms. The lowest BCUT2D eigenvalue weighted by atomic mass is 10.0. The molecular formula is C24H29N5OS. The Morgan fingerprint density at radius 2 is 1.90 bits per heavy atom. The lowest BCUT2D eigenvalue weighted by Gasteiger charge is -2.41. The SMILES string of the molecule is CSc1ccc(CCN(C)C2CCCCN2C(=O)c2ccc(-n3cncn3)cc2)cc1. The molecule has 0 aliphatic carbocycles. The molecule has 1 aliphatic heterocycles. The van der Waals surface area contributed by atoms with Gasteiger partial charge in [0.05, 0.1) is 11.9 Å². The third kappa shape index (κ3) is 5.17. The molecule has 0 saturated carbocycles. The van der Waals surface area contributed by atoms with Crippen LogP contribution in [0.25, 0.3) is 5.69 Å². The Kier molecular flexibility index (Phi) is 7.04. The Bertz CT molecular complexity index is 972. The predicted octanol–water partition coefficient (Wildman–Crippen LogP) is 4.12. The van der Waals surface area contributed by atoms with Crippen molar-refractivity contribution in [1.82, 2.24) is 24.6 Å². The summed E-state index contributed by atoms with van der Waals surface area (Å²) in [6.45, 7) is 1.74. The molecule has 1 atom stereocenters. The third-order valence-corrected chi connectivity index (χ3v) is 6.69. The Hall–Kier alpha value is -2.64. The van der Waals surface area contributed by atoms with Crippen LogP contribution in [0.5, 0.6) is 0 Å². The van der Waals surface area contributed by atoms with Crippen molar-refractivity contribution in [2.45, 2.75) is 36.7 Å². The van der Waals surface area contributed by atoms with Gasteiger partial charge in [-0.1, -0.05) is 12.1 Å². The van der Waals surface area contributed by atoms with Crippen molar-refractivity contribution in [3.05, 3.63) is 72.3 Å². The summed E-state index contributed by atoms with van der Waals surface area (Å²) >= 11 is 1.76. The van der Waals surface area contributed by atoms with Gasteiger partial charge in [0.1, 0.15) is 12.7 Å². The summed E-state index contributed by atoms with van der Waals surface area (Å²) in [5.41, 5.74) is 2.95. The number of aromatic nitrogens is 3. The largest absolute Gasteiger partial charge is 0.323 e. The van der Waals surface area contributed by atoms with Crippen molar-refractivity contribution in [3.8, 4) is 5.69 Å². The molecule has 1 fully saturated rings. The average Bonchev–Trinajstić information content (AvgIpc) is 3.37. The van der Waals surface area contributed by atoms with Crippen LogP contribution in [0.4, 0.5) is 0 Å². The number of amides is 1. The van der Waals surface area contributed by atoms with Crippen LogP contribution in [-0.2, 0) is 6.42 Å². The molecule has 31 heavy (non-hydrogen) atoms. The van der Waals surface area contributed by atoms with Crippen LogP contribution in [0, 0.1) is 0 Å². The van der Waals surface area contributed by atoms with Crippen molar-refractivity contribution in [1.29, 1.82) is 0 Å². The molecular weight excluding hydrogens is 406 g/mol. The smallest absolute Gasteiger partial charge is 0.255 e. The van der Waals surface area contributed by atoms with E-state index >= 15 is 0 Å². The fourth-order valence-corrected chi connectivity index (χ4v) is 4.53. The van der Waals surface area contributed by atoms with E-state index in [4.69, 9.17) is 0 Å². The van der Waals surface area contributed by atoms with Crippen molar-refractivity contribution in [2.24, 2.45) is 0 Å². The van der Waals surface area contributed by atoms with Gasteiger partial charge in [0, 0.05) is 23.5 Å². The van der Waals surface area contributed by atoms with Crippen LogP contribution in [0.3, 0.4) is 0 Å². The zero-order valence-corrected chi connectivity index (χ0v) is 19.0. The van der Waals surface area contributed by atoms with E-state index in [1.807, 2.05) is 29.2 Å². The van der Waals surface area contributed by atoms with E-state index in [0.29, 0.717) is 0 Å². The number of nitrogens with zero attached hydrogens (tertiary/aromatic N) is 5. The minimum atomic E-state index is 0.103. The van der Waals surface area contributed by atoms with Crippen LogP contribution >= 0.6 is 11.8 Å². The highest BCUT2D eigenvalue weighted by Gasteiger charge is 2.30. The molecule has 1 unspecified atom stereocenters. The maximum Gasteiger partial charge on any atom is 0.255 e. The van der Waals surface area contributed by atoms with Gasteiger partial charge in [0.25, 0.3) is 5.91 Å². The maximum absolute atomic E-state index is 13.3. The normalized spacial score (nSPS) is 16.6. The van der Waals surface area contributed by atoms with Gasteiger partial charge in [-0.2, -0.15) is 5.10 Å². The fraction of sp³-hybridized carbons (Fsp3) is 0.375. The molecule has 2 heterocycles. The van der Waals surface area contributed by atoms with Gasteiger partial charge in [-0.05, 0) is 80.9 Å². The van der Waals surface area contributed by atoms with Crippen LogP contribution < -0.4 is 0 Å². The van der Waals surface area contributed by atoms with Gasteiger partial charge in [0.15, 0.2) is 0 Å². The number of rotatable bonds is 7. The number of benzene rings is 2. The molecule has 0 bridgehead atoms. The van der Waals surface area contributed by atoms with Gasteiger partial charge in [-0.15, -0.1) is 11.8 Å². The van der Waals surface area contributed by atoms with Crippen LogP contribution in [0.15, 0.2) is 66.1 Å². The minimum Gasteiger partial charge on any atom is -0.323 e. The van der Waals surface area contributed by atoms with Crippen molar-refractivity contribution < 1.29 is 4.79 Å². The maximum atomic E-state index is 13.3. The summed E-state index contributed by atoms with van der Waals surface area (Å²) in [6, 6.07) is 16.4. The fourth-order valence-electron chi connectivity index (χ4n) is 4.12. The second kappa shape index (κ2) is 10.1. The second-order valence-corrected chi connectivity index (χ2v) is 8.82. The zero-order chi connectivity index (χ0) is 21.6. The van der Waals surface area contributed by atoms with Crippen molar-refractivity contribution in [3.63, 3.8) is 0 Å². The average molecular weight is 436 g/mol. The molecule has 3 aromatic rings. The molecule has 6 nitrogen and oxygen atoms in total. The highest BCUT2D eigenvalue weighted by Crippen LogP contribution is 2.23. The third-order valence-electron chi connectivity index (χ3n) is 5.95. The summed E-state index contributed by atoms with van der Waals surface area (Å²) in [7, 11) is 2.14. The first-order valence-corrected chi connectivity index (χ1v) is 12.0. The molecule has 162 valence electrons. The minimum absolute atomic E-state index is 0.103. The molecule has 1 amide bonds. The number of likely N-dealkylation sites (tertiary alicyclic amines) is 1. The van der Waals surface area contributed by atoms with Crippen molar-refractivity contribution in [2.75, 3.05) is 26.4 Å². The van der Waals surface area contributed by atoms with E-state index in [2.05, 4.69) is 52.6 Å². The summed E-state index contributed by atoms with van der Waals surface area (Å²) in [5.74, 6) is 0.103. The van der Waals surface area contributed by atoms with Gasteiger partial charge in [-0.25, -0.2) is 9.67 Å². The number of likely N-dealkylation sites (N-methyl/N-ethyl adjacent to an activating group) is 1. The molecule has 0 radical (unpaired) electrons. The molecule has 7 heteroatoms. The first kappa shape index (κ1) is 21.6. The van der Waals surface area contributed by atoms with Gasteiger partial charge < -0.3 is 4.90 Å².